The molecule has 2 aromatic rings. The molecule has 2 aromatic carbocycles. The van der Waals surface area contributed by atoms with Crippen molar-refractivity contribution in [2.75, 3.05) is 0 Å². The number of nitrogens with zero attached hydrogens (tertiary/aromatic N) is 1. The van der Waals surface area contributed by atoms with Gasteiger partial charge in [-0.3, -0.25) is 0 Å². The lowest BCUT2D eigenvalue weighted by Crippen LogP contribution is -2.33. The van der Waals surface area contributed by atoms with E-state index in [1.165, 1.54) is 24.3 Å². The van der Waals surface area contributed by atoms with E-state index in [4.69, 9.17) is 14.9 Å². The van der Waals surface area contributed by atoms with Crippen molar-refractivity contribution in [1.29, 1.82) is 0 Å². The summed E-state index contributed by atoms with van der Waals surface area (Å²) in [6.07, 6.45) is 0. The van der Waals surface area contributed by atoms with Crippen LogP contribution in [-0.2, 0) is 0 Å². The lowest BCUT2D eigenvalue weighted by Gasteiger charge is -2.48. The van der Waals surface area contributed by atoms with E-state index >= 15 is 0 Å². The molecular formula is C14H8NO7-. The second-order valence-electron chi connectivity index (χ2n) is 4.63. The molecule has 0 fully saturated rings. The third-order valence-electron chi connectivity index (χ3n) is 3.27. The van der Waals surface area contributed by atoms with Crippen molar-refractivity contribution in [3.63, 3.8) is 0 Å². The average Bonchev–Trinajstić information content (AvgIpc) is 2.46. The van der Waals surface area contributed by atoms with E-state index in [0.717, 1.165) is 12.1 Å². The van der Waals surface area contributed by atoms with E-state index in [0.29, 0.717) is 0 Å². The molecule has 2 N–H and O–H groups in total. The van der Waals surface area contributed by atoms with Crippen LogP contribution in [0.2, 0.25) is 0 Å². The fourth-order valence-corrected chi connectivity index (χ4v) is 2.18. The van der Waals surface area contributed by atoms with E-state index < -0.39 is 28.1 Å². The highest BCUT2D eigenvalue weighted by Crippen LogP contribution is 2.51. The van der Waals surface area contributed by atoms with E-state index in [1.807, 2.05) is 0 Å². The van der Waals surface area contributed by atoms with Gasteiger partial charge in [-0.05, 0) is 24.3 Å². The van der Waals surface area contributed by atoms with Crippen LogP contribution in [0.4, 0.5) is 11.4 Å². The zero-order valence-corrected chi connectivity index (χ0v) is 10.8. The van der Waals surface area contributed by atoms with Gasteiger partial charge in [-0.2, -0.15) is 0 Å². The Morgan fingerprint density at radius 1 is 0.864 bits per heavy atom. The first-order valence-electron chi connectivity index (χ1n) is 6.05. The number of fused-ring (bicyclic) bond motifs is 2. The third kappa shape index (κ3) is 1.99. The van der Waals surface area contributed by atoms with Gasteiger partial charge in [-0.15, -0.1) is 0 Å². The van der Waals surface area contributed by atoms with Crippen LogP contribution >= 0.6 is 0 Å². The number of benzene rings is 2. The molecule has 22 heavy (non-hydrogen) atoms. The van der Waals surface area contributed by atoms with Crippen LogP contribution in [0.5, 0.6) is 11.5 Å². The second kappa shape index (κ2) is 4.53. The Bertz CT molecular complexity index is 747. The number of aromatic carboxylic acids is 2. The Morgan fingerprint density at radius 3 is 1.64 bits per heavy atom. The van der Waals surface area contributed by atoms with Crippen molar-refractivity contribution >= 4 is 23.3 Å². The summed E-state index contributed by atoms with van der Waals surface area (Å²) in [5.41, 5.74) is -1.38. The van der Waals surface area contributed by atoms with Gasteiger partial charge in [0.1, 0.15) is 0 Å². The Hall–Kier alpha value is -2.94. The molecule has 3 rings (SSSR count). The Kier molecular flexibility index (Phi) is 2.89. The topological polar surface area (TPSA) is 130 Å². The van der Waals surface area contributed by atoms with Gasteiger partial charge in [-0.25, -0.2) is 9.59 Å². The van der Waals surface area contributed by atoms with Crippen LogP contribution in [0.15, 0.2) is 36.4 Å². The summed E-state index contributed by atoms with van der Waals surface area (Å²) in [5.74, 6) is -2.73. The molecule has 1 aliphatic rings. The van der Waals surface area contributed by atoms with Gasteiger partial charge in [0.2, 0.25) is 0 Å². The zero-order valence-electron chi connectivity index (χ0n) is 10.8. The molecule has 112 valence electrons. The first-order valence-corrected chi connectivity index (χ1v) is 6.05. The number of rotatable bonds is 2. The molecule has 8 nitrogen and oxygen atoms in total. The fourth-order valence-electron chi connectivity index (χ4n) is 2.18. The van der Waals surface area contributed by atoms with Crippen LogP contribution in [0.3, 0.4) is 0 Å². The number of quaternary nitrogens is 1. The van der Waals surface area contributed by atoms with Crippen LogP contribution in [0, 0.1) is 10.4 Å². The molecule has 0 aliphatic carbocycles. The van der Waals surface area contributed by atoms with Gasteiger partial charge in [-0.1, -0.05) is 0 Å². The molecule has 0 atom stereocenters. The van der Waals surface area contributed by atoms with Crippen LogP contribution in [0.1, 0.15) is 20.7 Å². The molecule has 0 unspecified atom stereocenters. The van der Waals surface area contributed by atoms with Gasteiger partial charge in [0, 0.05) is 12.1 Å². The summed E-state index contributed by atoms with van der Waals surface area (Å²) in [4.78, 5) is 19.6. The summed E-state index contributed by atoms with van der Waals surface area (Å²) in [6.45, 7) is 0. The normalized spacial score (nSPS) is 14.5. The second-order valence-corrected chi connectivity index (χ2v) is 4.63. The molecule has 1 aliphatic heterocycles. The Morgan fingerprint density at radius 2 is 1.27 bits per heavy atom. The maximum absolute atomic E-state index is 12.4. The summed E-state index contributed by atoms with van der Waals surface area (Å²) >= 11 is 0. The van der Waals surface area contributed by atoms with Crippen molar-refractivity contribution < 1.29 is 24.5 Å². The van der Waals surface area contributed by atoms with E-state index in [9.17, 15) is 20.0 Å². The third-order valence-corrected chi connectivity index (χ3v) is 3.27. The highest BCUT2D eigenvalue weighted by atomic mass is 16.8. The molecule has 0 amide bonds. The molecule has 0 radical (unpaired) electrons. The number of carboxylic acid groups (broad SMARTS) is 2. The highest BCUT2D eigenvalue weighted by Gasteiger charge is 2.31. The van der Waals surface area contributed by atoms with E-state index in [1.54, 1.807) is 0 Å². The standard InChI is InChI=1S/C14H8NO7/c16-13(17)7-1-3-11-9(5-7)15(20,21)10-6-8(14(18)19)2-4-12(10)22-11/h1-6H,(H,16,17)(H,18,19)/q-1. The predicted octanol–water partition coefficient (Wildman–Crippen LogP) is 2.82. The summed E-state index contributed by atoms with van der Waals surface area (Å²) in [6, 6.07) is 6.70. The summed E-state index contributed by atoms with van der Waals surface area (Å²) < 4.78 is 5.38. The fraction of sp³-hybridized carbons (Fsp3) is 0. The largest absolute Gasteiger partial charge is 0.620 e. The summed E-state index contributed by atoms with van der Waals surface area (Å²) in [5, 5.41) is 42.7. The van der Waals surface area contributed by atoms with Crippen molar-refractivity contribution in [3.05, 3.63) is 57.9 Å². The van der Waals surface area contributed by atoms with E-state index in [-0.39, 0.29) is 22.6 Å². The van der Waals surface area contributed by atoms with Gasteiger partial charge >= 0.3 is 11.9 Å². The lowest BCUT2D eigenvalue weighted by atomic mass is 10.1. The molecule has 0 spiro atoms. The number of carboxylic acids is 2. The summed E-state index contributed by atoms with van der Waals surface area (Å²) in [7, 11) is 0. The molecule has 1 heterocycles. The number of carbonyl (C=O) groups is 2. The lowest BCUT2D eigenvalue weighted by molar-refractivity contribution is 0.0686. The van der Waals surface area contributed by atoms with Gasteiger partial charge in [0.15, 0.2) is 22.9 Å². The minimum absolute atomic E-state index is 0.0643. The molecule has 8 heteroatoms. The Labute approximate surface area is 123 Å². The minimum atomic E-state index is -2.30. The van der Waals surface area contributed by atoms with E-state index in [2.05, 4.69) is 0 Å². The maximum Gasteiger partial charge on any atom is 0.335 e. The zero-order chi connectivity index (χ0) is 16.1. The first kappa shape index (κ1) is 14.0. The molecule has 0 bridgehead atoms. The minimum Gasteiger partial charge on any atom is -0.620 e. The quantitative estimate of drug-likeness (QED) is 0.644. The SMILES string of the molecule is O=C(O)c1ccc2c(c1)[N+]([O-])([O-])c1cc(C(=O)O)ccc1O2. The van der Waals surface area contributed by atoms with Crippen LogP contribution < -0.4 is 9.55 Å². The molecular weight excluding hydrogens is 294 g/mol. The smallest absolute Gasteiger partial charge is 0.335 e. The van der Waals surface area contributed by atoms with Crippen molar-refractivity contribution in [2.24, 2.45) is 0 Å². The Balaban J connectivity index is 2.20. The number of hydrogen-bond donors (Lipinski definition) is 2. The molecule has 0 saturated heterocycles. The molecule has 0 saturated carbocycles. The molecule has 0 aromatic heterocycles. The number of ether oxygens (including phenoxy) is 1. The van der Waals surface area contributed by atoms with Gasteiger partial charge in [0.25, 0.3) is 0 Å². The monoisotopic (exact) mass is 302 g/mol. The van der Waals surface area contributed by atoms with Crippen LogP contribution in [-0.4, -0.2) is 22.2 Å². The predicted molar refractivity (Wildman–Crippen MR) is 75.1 cm³/mol. The van der Waals surface area contributed by atoms with Gasteiger partial charge < -0.3 is 30.2 Å². The first-order chi connectivity index (χ1) is 10.3. The van der Waals surface area contributed by atoms with Gasteiger partial charge in [0.05, 0.1) is 11.1 Å². The number of hydrogen-bond acceptors (Lipinski definition) is 5. The van der Waals surface area contributed by atoms with Crippen molar-refractivity contribution in [3.8, 4) is 11.5 Å². The van der Waals surface area contributed by atoms with Crippen LogP contribution in [0.25, 0.3) is 0 Å². The maximum atomic E-state index is 12.4. The van der Waals surface area contributed by atoms with Crippen molar-refractivity contribution in [1.82, 2.24) is 4.81 Å². The highest BCUT2D eigenvalue weighted by molar-refractivity contribution is 5.92. The van der Waals surface area contributed by atoms with Crippen molar-refractivity contribution in [2.45, 2.75) is 0 Å². The average molecular weight is 302 g/mol.